The summed E-state index contributed by atoms with van der Waals surface area (Å²) in [5, 5.41) is 0. The lowest BCUT2D eigenvalue weighted by Gasteiger charge is -2.43. The van der Waals surface area contributed by atoms with Gasteiger partial charge in [-0.2, -0.15) is 0 Å². The number of methoxy groups -OCH3 is 1. The van der Waals surface area contributed by atoms with Crippen LogP contribution < -0.4 is 5.56 Å². The molecule has 136 valence electrons. The van der Waals surface area contributed by atoms with Crippen LogP contribution in [0.5, 0.6) is 0 Å². The molecule has 0 radical (unpaired) electrons. The standard InChI is InChI=1S/C20H23N3O3/c1-26-8-6-19(24)22-11-14-9-16(13-22)18-5-4-17(20(25)23(18)12-14)15-3-2-7-21-10-15/h2-5,7,10,14,16H,6,8-9,11-13H2,1H3. The van der Waals surface area contributed by atoms with E-state index in [1.165, 1.54) is 0 Å². The third kappa shape index (κ3) is 3.05. The van der Waals surface area contributed by atoms with Gasteiger partial charge in [-0.05, 0) is 30.5 Å². The summed E-state index contributed by atoms with van der Waals surface area (Å²) in [5.41, 5.74) is 2.63. The minimum atomic E-state index is 0.0457. The van der Waals surface area contributed by atoms with Gasteiger partial charge in [-0.15, -0.1) is 0 Å². The number of carbonyl (C=O) groups is 1. The normalized spacial score (nSPS) is 21.3. The zero-order valence-electron chi connectivity index (χ0n) is 14.9. The van der Waals surface area contributed by atoms with Crippen LogP contribution in [0.2, 0.25) is 0 Å². The maximum Gasteiger partial charge on any atom is 0.258 e. The molecule has 6 heteroatoms. The molecule has 6 nitrogen and oxygen atoms in total. The quantitative estimate of drug-likeness (QED) is 0.842. The number of fused-ring (bicyclic) bond motifs is 4. The zero-order valence-corrected chi connectivity index (χ0v) is 14.9. The second-order valence-electron chi connectivity index (χ2n) is 7.17. The Kier molecular flexibility index (Phi) is 4.59. The molecule has 2 aromatic heterocycles. The van der Waals surface area contributed by atoms with E-state index in [9.17, 15) is 9.59 Å². The van der Waals surface area contributed by atoms with Crippen molar-refractivity contribution in [3.05, 3.63) is 52.7 Å². The van der Waals surface area contributed by atoms with Crippen molar-refractivity contribution in [1.29, 1.82) is 0 Å². The van der Waals surface area contributed by atoms with Crippen LogP contribution in [0.4, 0.5) is 0 Å². The third-order valence-corrected chi connectivity index (χ3v) is 5.45. The molecule has 1 fully saturated rings. The number of hydrogen-bond acceptors (Lipinski definition) is 4. The molecule has 2 unspecified atom stereocenters. The molecular weight excluding hydrogens is 330 g/mol. The Morgan fingerprint density at radius 1 is 1.27 bits per heavy atom. The van der Waals surface area contributed by atoms with Gasteiger partial charge in [0.25, 0.3) is 5.56 Å². The molecule has 2 aliphatic rings. The SMILES string of the molecule is COCCC(=O)N1CC2CC(C1)c1ccc(-c3cccnc3)c(=O)n1C2. The van der Waals surface area contributed by atoms with Gasteiger partial charge < -0.3 is 14.2 Å². The maximum atomic E-state index is 13.0. The van der Waals surface area contributed by atoms with Crippen molar-refractivity contribution in [2.24, 2.45) is 5.92 Å². The lowest BCUT2D eigenvalue weighted by molar-refractivity contribution is -0.134. The second kappa shape index (κ2) is 7.03. The summed E-state index contributed by atoms with van der Waals surface area (Å²) < 4.78 is 6.94. The number of nitrogens with zero attached hydrogens (tertiary/aromatic N) is 3. The zero-order chi connectivity index (χ0) is 18.1. The molecule has 2 bridgehead atoms. The molecule has 0 N–H and O–H groups in total. The number of carbonyl (C=O) groups excluding carboxylic acids is 1. The first kappa shape index (κ1) is 17.0. The van der Waals surface area contributed by atoms with E-state index >= 15 is 0 Å². The molecule has 4 rings (SSSR count). The average molecular weight is 353 g/mol. The molecule has 2 aromatic rings. The van der Waals surface area contributed by atoms with Gasteiger partial charge in [0.2, 0.25) is 5.91 Å². The van der Waals surface area contributed by atoms with Gasteiger partial charge in [0, 0.05) is 61.9 Å². The Morgan fingerprint density at radius 2 is 2.15 bits per heavy atom. The fourth-order valence-electron chi connectivity index (χ4n) is 4.24. The van der Waals surface area contributed by atoms with Crippen LogP contribution in [0.3, 0.4) is 0 Å². The Hall–Kier alpha value is -2.47. The summed E-state index contributed by atoms with van der Waals surface area (Å²) in [6, 6.07) is 7.71. The van der Waals surface area contributed by atoms with E-state index in [0.29, 0.717) is 37.6 Å². The van der Waals surface area contributed by atoms with Crippen LogP contribution in [-0.2, 0) is 16.1 Å². The van der Waals surface area contributed by atoms with Crippen LogP contribution in [-0.4, -0.2) is 47.2 Å². The molecule has 2 aliphatic heterocycles. The molecule has 0 aromatic carbocycles. The summed E-state index contributed by atoms with van der Waals surface area (Å²) in [6.07, 6.45) is 4.89. The van der Waals surface area contributed by atoms with E-state index in [2.05, 4.69) is 4.98 Å². The average Bonchev–Trinajstić information content (AvgIpc) is 2.67. The van der Waals surface area contributed by atoms with Crippen molar-refractivity contribution >= 4 is 5.91 Å². The molecule has 0 saturated carbocycles. The number of piperidine rings is 1. The first-order valence-corrected chi connectivity index (χ1v) is 9.08. The lowest BCUT2D eigenvalue weighted by Crippen LogP contribution is -2.49. The number of likely N-dealkylation sites (tertiary alicyclic amines) is 1. The van der Waals surface area contributed by atoms with E-state index in [1.54, 1.807) is 19.5 Å². The Morgan fingerprint density at radius 3 is 2.92 bits per heavy atom. The van der Waals surface area contributed by atoms with Crippen molar-refractivity contribution in [1.82, 2.24) is 14.5 Å². The highest BCUT2D eigenvalue weighted by Gasteiger charge is 2.36. The predicted octanol–water partition coefficient (Wildman–Crippen LogP) is 1.89. The van der Waals surface area contributed by atoms with Crippen LogP contribution in [0.25, 0.3) is 11.1 Å². The molecule has 26 heavy (non-hydrogen) atoms. The summed E-state index contributed by atoms with van der Waals surface area (Å²) in [5.74, 6) is 0.698. The first-order valence-electron chi connectivity index (χ1n) is 9.08. The summed E-state index contributed by atoms with van der Waals surface area (Å²) in [4.78, 5) is 31.5. The van der Waals surface area contributed by atoms with Gasteiger partial charge in [0.15, 0.2) is 0 Å². The monoisotopic (exact) mass is 353 g/mol. The van der Waals surface area contributed by atoms with Gasteiger partial charge in [-0.25, -0.2) is 0 Å². The molecule has 4 heterocycles. The highest BCUT2D eigenvalue weighted by atomic mass is 16.5. The van der Waals surface area contributed by atoms with Gasteiger partial charge in [-0.1, -0.05) is 6.07 Å². The van der Waals surface area contributed by atoms with Gasteiger partial charge in [0.1, 0.15) is 0 Å². The minimum absolute atomic E-state index is 0.0457. The first-order chi connectivity index (χ1) is 12.7. The van der Waals surface area contributed by atoms with Crippen molar-refractivity contribution in [2.75, 3.05) is 26.8 Å². The van der Waals surface area contributed by atoms with Crippen LogP contribution >= 0.6 is 0 Å². The van der Waals surface area contributed by atoms with Gasteiger partial charge in [-0.3, -0.25) is 14.6 Å². The minimum Gasteiger partial charge on any atom is -0.384 e. The summed E-state index contributed by atoms with van der Waals surface area (Å²) in [6.45, 7) is 2.54. The highest BCUT2D eigenvalue weighted by Crippen LogP contribution is 2.35. The summed E-state index contributed by atoms with van der Waals surface area (Å²) >= 11 is 0. The number of aromatic nitrogens is 2. The number of pyridine rings is 2. The fraction of sp³-hybridized carbons (Fsp3) is 0.450. The molecule has 1 saturated heterocycles. The molecule has 1 amide bonds. The van der Waals surface area contributed by atoms with E-state index in [1.807, 2.05) is 33.7 Å². The van der Waals surface area contributed by atoms with E-state index in [4.69, 9.17) is 4.74 Å². The summed E-state index contributed by atoms with van der Waals surface area (Å²) in [7, 11) is 1.61. The smallest absolute Gasteiger partial charge is 0.258 e. The molecule has 2 atom stereocenters. The largest absolute Gasteiger partial charge is 0.384 e. The number of amides is 1. The van der Waals surface area contributed by atoms with Crippen molar-refractivity contribution in [3.8, 4) is 11.1 Å². The van der Waals surface area contributed by atoms with E-state index in [0.717, 1.165) is 24.2 Å². The fourth-order valence-corrected chi connectivity index (χ4v) is 4.24. The Labute approximate surface area is 152 Å². The topological polar surface area (TPSA) is 64.4 Å². The van der Waals surface area contributed by atoms with Crippen molar-refractivity contribution < 1.29 is 9.53 Å². The molecular formula is C20H23N3O3. The number of rotatable bonds is 4. The number of ether oxygens (including phenoxy) is 1. The predicted molar refractivity (Wildman–Crippen MR) is 97.9 cm³/mol. The molecule has 0 spiro atoms. The van der Waals surface area contributed by atoms with E-state index < -0.39 is 0 Å². The van der Waals surface area contributed by atoms with Crippen LogP contribution in [0.15, 0.2) is 41.5 Å². The number of hydrogen-bond donors (Lipinski definition) is 0. The van der Waals surface area contributed by atoms with Gasteiger partial charge in [0.05, 0.1) is 13.0 Å². The lowest BCUT2D eigenvalue weighted by atomic mass is 9.82. The second-order valence-corrected chi connectivity index (χ2v) is 7.17. The highest BCUT2D eigenvalue weighted by molar-refractivity contribution is 5.76. The third-order valence-electron chi connectivity index (χ3n) is 5.45. The van der Waals surface area contributed by atoms with Crippen LogP contribution in [0, 0.1) is 5.92 Å². The van der Waals surface area contributed by atoms with Crippen LogP contribution in [0.1, 0.15) is 24.5 Å². The van der Waals surface area contributed by atoms with Crippen molar-refractivity contribution in [3.63, 3.8) is 0 Å². The molecule has 0 aliphatic carbocycles. The Balaban J connectivity index is 1.63. The van der Waals surface area contributed by atoms with Crippen molar-refractivity contribution in [2.45, 2.75) is 25.3 Å². The maximum absolute atomic E-state index is 13.0. The van der Waals surface area contributed by atoms with E-state index in [-0.39, 0.29) is 17.4 Å². The van der Waals surface area contributed by atoms with Gasteiger partial charge >= 0.3 is 0 Å². The Bertz CT molecular complexity index is 862.